The summed E-state index contributed by atoms with van der Waals surface area (Å²) in [5.74, 6) is 1.11. The van der Waals surface area contributed by atoms with Crippen molar-refractivity contribution < 1.29 is 4.39 Å². The highest BCUT2D eigenvalue weighted by atomic mass is 19.1. The molecule has 8 nitrogen and oxygen atoms in total. The first-order valence-corrected chi connectivity index (χ1v) is 9.62. The van der Waals surface area contributed by atoms with E-state index in [-0.39, 0.29) is 5.82 Å². The molecular formula is C22H21FN8. The molecule has 0 amide bonds. The third-order valence-electron chi connectivity index (χ3n) is 4.74. The minimum atomic E-state index is -0.342. The zero-order valence-corrected chi connectivity index (χ0v) is 17.3. The number of nitrogens with zero attached hydrogens (tertiary/aromatic N) is 6. The average molecular weight is 416 g/mol. The summed E-state index contributed by atoms with van der Waals surface area (Å²) in [5.41, 5.74) is 6.99. The van der Waals surface area contributed by atoms with Crippen molar-refractivity contribution in [2.45, 2.75) is 20.8 Å². The molecule has 1 aromatic carbocycles. The van der Waals surface area contributed by atoms with E-state index in [1.807, 2.05) is 32.9 Å². The van der Waals surface area contributed by atoms with Crippen LogP contribution >= 0.6 is 0 Å². The van der Waals surface area contributed by atoms with Gasteiger partial charge in [-0.05, 0) is 50.6 Å². The Morgan fingerprint density at radius 3 is 2.58 bits per heavy atom. The van der Waals surface area contributed by atoms with Gasteiger partial charge in [-0.2, -0.15) is 15.1 Å². The van der Waals surface area contributed by atoms with Crippen LogP contribution in [0.5, 0.6) is 0 Å². The van der Waals surface area contributed by atoms with E-state index >= 15 is 0 Å². The molecule has 2 N–H and O–H groups in total. The molecule has 0 aliphatic heterocycles. The number of pyridine rings is 1. The predicted octanol–water partition coefficient (Wildman–Crippen LogP) is 4.39. The second kappa shape index (κ2) is 8.70. The number of hydrogen-bond donors (Lipinski definition) is 2. The summed E-state index contributed by atoms with van der Waals surface area (Å²) in [6.07, 6.45) is 8.55. The molecule has 0 aliphatic carbocycles. The molecule has 3 heterocycles. The fourth-order valence-electron chi connectivity index (χ4n) is 2.95. The Kier molecular flexibility index (Phi) is 5.65. The van der Waals surface area contributed by atoms with Crippen molar-refractivity contribution in [3.63, 3.8) is 0 Å². The maximum atomic E-state index is 13.7. The number of aryl methyl sites for hydroxylation is 1. The lowest BCUT2D eigenvalue weighted by Crippen LogP contribution is -2.10. The van der Waals surface area contributed by atoms with E-state index in [1.54, 1.807) is 41.7 Å². The van der Waals surface area contributed by atoms with Gasteiger partial charge in [-0.3, -0.25) is 15.0 Å². The van der Waals surface area contributed by atoms with E-state index < -0.39 is 0 Å². The van der Waals surface area contributed by atoms with Crippen molar-refractivity contribution in [2.75, 3.05) is 10.7 Å². The molecule has 0 fully saturated rings. The van der Waals surface area contributed by atoms with Gasteiger partial charge >= 0.3 is 0 Å². The highest BCUT2D eigenvalue weighted by Gasteiger charge is 2.14. The Labute approximate surface area is 178 Å². The molecular weight excluding hydrogens is 395 g/mol. The first-order chi connectivity index (χ1) is 15.0. The van der Waals surface area contributed by atoms with Gasteiger partial charge in [-0.25, -0.2) is 9.37 Å². The van der Waals surface area contributed by atoms with Crippen LogP contribution in [0.25, 0.3) is 5.82 Å². The molecule has 4 aromatic rings. The largest absolute Gasteiger partial charge is 0.324 e. The quantitative estimate of drug-likeness (QED) is 0.358. The second-order valence-corrected chi connectivity index (χ2v) is 6.94. The monoisotopic (exact) mass is 416 g/mol. The van der Waals surface area contributed by atoms with E-state index in [0.717, 1.165) is 22.4 Å². The second-order valence-electron chi connectivity index (χ2n) is 6.94. The Hall–Kier alpha value is -4.14. The van der Waals surface area contributed by atoms with Crippen LogP contribution in [0.4, 0.5) is 21.8 Å². The fourth-order valence-corrected chi connectivity index (χ4v) is 2.95. The first kappa shape index (κ1) is 20.1. The molecule has 31 heavy (non-hydrogen) atoms. The van der Waals surface area contributed by atoms with E-state index in [1.165, 1.54) is 12.1 Å². The number of aromatic nitrogens is 5. The zero-order valence-electron chi connectivity index (χ0n) is 17.3. The highest BCUT2D eigenvalue weighted by molar-refractivity contribution is 5.98. The Bertz CT molecular complexity index is 1220. The van der Waals surface area contributed by atoms with Crippen LogP contribution in [0.3, 0.4) is 0 Å². The van der Waals surface area contributed by atoms with Gasteiger partial charge < -0.3 is 5.32 Å². The molecule has 9 heteroatoms. The summed E-state index contributed by atoms with van der Waals surface area (Å²) in [6.45, 7) is 5.67. The standard InChI is InChI=1S/C22H21FN8/c1-14-4-5-18(23)12-19(14)26-22-27-20(15(2)21(28-22)31-11-10-25-13-31)30-29-16(3)17-6-8-24-9-7-17/h4-13H,1-3H3,(H2,26,27,28,30). The lowest BCUT2D eigenvalue weighted by Gasteiger charge is -2.15. The van der Waals surface area contributed by atoms with Crippen LogP contribution in [-0.4, -0.2) is 30.2 Å². The highest BCUT2D eigenvalue weighted by Crippen LogP contribution is 2.25. The summed E-state index contributed by atoms with van der Waals surface area (Å²) < 4.78 is 15.5. The number of nitrogens with one attached hydrogen (secondary N) is 2. The van der Waals surface area contributed by atoms with Crippen LogP contribution in [0.15, 0.2) is 66.5 Å². The van der Waals surface area contributed by atoms with E-state index in [4.69, 9.17) is 0 Å². The summed E-state index contributed by atoms with van der Waals surface area (Å²) >= 11 is 0. The molecule has 0 unspecified atom stereocenters. The number of hydrazone groups is 1. The Morgan fingerprint density at radius 1 is 1.03 bits per heavy atom. The van der Waals surface area contributed by atoms with Crippen molar-refractivity contribution in [2.24, 2.45) is 5.10 Å². The molecule has 0 saturated carbocycles. The first-order valence-electron chi connectivity index (χ1n) is 9.62. The van der Waals surface area contributed by atoms with Crippen LogP contribution in [0.2, 0.25) is 0 Å². The smallest absolute Gasteiger partial charge is 0.231 e. The van der Waals surface area contributed by atoms with Gasteiger partial charge in [0.2, 0.25) is 5.95 Å². The van der Waals surface area contributed by atoms with Crippen molar-refractivity contribution in [1.29, 1.82) is 0 Å². The summed E-state index contributed by atoms with van der Waals surface area (Å²) in [5, 5.41) is 7.57. The average Bonchev–Trinajstić information content (AvgIpc) is 3.31. The normalized spacial score (nSPS) is 11.4. The molecule has 3 aromatic heterocycles. The summed E-state index contributed by atoms with van der Waals surface area (Å²) in [7, 11) is 0. The molecule has 0 bridgehead atoms. The molecule has 0 aliphatic rings. The van der Waals surface area contributed by atoms with Gasteiger partial charge in [0, 0.05) is 41.6 Å². The number of imidazole rings is 1. The van der Waals surface area contributed by atoms with Crippen molar-refractivity contribution in [1.82, 2.24) is 24.5 Å². The van der Waals surface area contributed by atoms with Gasteiger partial charge in [0.05, 0.1) is 5.71 Å². The minimum Gasteiger partial charge on any atom is -0.324 e. The van der Waals surface area contributed by atoms with Gasteiger partial charge in [0.15, 0.2) is 5.82 Å². The van der Waals surface area contributed by atoms with Gasteiger partial charge in [-0.15, -0.1) is 0 Å². The van der Waals surface area contributed by atoms with Crippen molar-refractivity contribution in [3.8, 4) is 5.82 Å². The minimum absolute atomic E-state index is 0.308. The van der Waals surface area contributed by atoms with Crippen LogP contribution < -0.4 is 10.7 Å². The maximum absolute atomic E-state index is 13.7. The maximum Gasteiger partial charge on any atom is 0.231 e. The van der Waals surface area contributed by atoms with Gasteiger partial charge in [0.1, 0.15) is 18.0 Å². The molecule has 0 atom stereocenters. The number of rotatable bonds is 6. The Balaban J connectivity index is 1.72. The number of halogens is 1. The number of anilines is 3. The van der Waals surface area contributed by atoms with Crippen molar-refractivity contribution >= 4 is 23.2 Å². The topological polar surface area (TPSA) is 92.9 Å². The summed E-state index contributed by atoms with van der Waals surface area (Å²) in [6, 6.07) is 8.28. The third kappa shape index (κ3) is 4.55. The number of hydrogen-bond acceptors (Lipinski definition) is 7. The molecule has 4 rings (SSSR count). The third-order valence-corrected chi connectivity index (χ3v) is 4.74. The van der Waals surface area contributed by atoms with Crippen LogP contribution in [-0.2, 0) is 0 Å². The van der Waals surface area contributed by atoms with E-state index in [0.29, 0.717) is 23.3 Å². The van der Waals surface area contributed by atoms with Crippen molar-refractivity contribution in [3.05, 3.63) is 84.0 Å². The molecule has 0 saturated heterocycles. The van der Waals surface area contributed by atoms with E-state index in [2.05, 4.69) is 35.8 Å². The van der Waals surface area contributed by atoms with Gasteiger partial charge in [-0.1, -0.05) is 6.07 Å². The van der Waals surface area contributed by atoms with E-state index in [9.17, 15) is 4.39 Å². The summed E-state index contributed by atoms with van der Waals surface area (Å²) in [4.78, 5) is 17.3. The number of benzene rings is 1. The molecule has 0 spiro atoms. The Morgan fingerprint density at radius 2 is 1.84 bits per heavy atom. The van der Waals surface area contributed by atoms with Crippen LogP contribution in [0.1, 0.15) is 23.6 Å². The lowest BCUT2D eigenvalue weighted by atomic mass is 10.2. The molecule has 0 radical (unpaired) electrons. The SMILES string of the molecule is CC(=NNc1nc(Nc2cc(F)ccc2C)nc(-n2ccnc2)c1C)c1ccncc1. The predicted molar refractivity (Wildman–Crippen MR) is 118 cm³/mol. The zero-order chi connectivity index (χ0) is 21.8. The lowest BCUT2D eigenvalue weighted by molar-refractivity contribution is 0.628. The van der Waals surface area contributed by atoms with Gasteiger partial charge in [0.25, 0.3) is 0 Å². The fraction of sp³-hybridized carbons (Fsp3) is 0.136. The molecule has 156 valence electrons. The van der Waals surface area contributed by atoms with Crippen LogP contribution in [0, 0.1) is 19.7 Å².